The van der Waals surface area contributed by atoms with Gasteiger partial charge in [0, 0.05) is 0 Å². The van der Waals surface area contributed by atoms with Crippen LogP contribution in [0.3, 0.4) is 0 Å². The first-order valence-corrected chi connectivity index (χ1v) is 2.45. The zero-order chi connectivity index (χ0) is 14.3. The van der Waals surface area contributed by atoms with E-state index < -0.39 is 24.6 Å². The molecule has 0 aliphatic heterocycles. The number of hydrogen-bond acceptors (Lipinski definition) is 12. The Kier molecular flexibility index (Phi) is 223. The summed E-state index contributed by atoms with van der Waals surface area (Å²) in [5.74, 6) is 0. The van der Waals surface area contributed by atoms with Gasteiger partial charge in [-0.05, 0) is 24.6 Å². The Labute approximate surface area is 477 Å². The predicted molar refractivity (Wildman–Crippen MR) is 21.6 cm³/mol. The van der Waals surface area contributed by atoms with E-state index in [0.29, 0.717) is 0 Å². The van der Waals surface area contributed by atoms with Gasteiger partial charge < -0.3 is 60.0 Å². The van der Waals surface area contributed by atoms with Crippen LogP contribution in [0.2, 0.25) is 0 Å². The van der Waals surface area contributed by atoms with Crippen LogP contribution in [0.25, 0.3) is 0 Å². The summed E-state index contributed by atoms with van der Waals surface area (Å²) in [5.41, 5.74) is 0. The fraction of sp³-hybridized carbons (Fsp3) is 0. The van der Waals surface area contributed by atoms with Gasteiger partial charge in [0.1, 0.15) is 0 Å². The molecule has 0 atom stereocenters. The molecule has 0 N–H and O–H groups in total. The van der Waals surface area contributed by atoms with Crippen molar-refractivity contribution in [3.63, 3.8) is 0 Å². The Morgan fingerprint density at radius 1 is 0.292 bits per heavy atom. The van der Waals surface area contributed by atoms with Crippen LogP contribution in [0.15, 0.2) is 0 Å². The van der Waals surface area contributed by atoms with Gasteiger partial charge in [0.25, 0.3) is 0 Å². The number of rotatable bonds is 0. The largest absolute Gasteiger partial charge is 1.00 e. The van der Waals surface area contributed by atoms with Gasteiger partial charge in [0.15, 0.2) is 0 Å². The third kappa shape index (κ3) is 302. The molecule has 12 nitrogen and oxygen atoms in total. The molecule has 0 heterocycles. The second kappa shape index (κ2) is 69.8. The number of carbonyl (C=O) groups is 4. The minimum Gasteiger partial charge on any atom is -0.652 e. The molecule has 0 spiro atoms. The molecule has 0 aromatic rings. The van der Waals surface area contributed by atoms with E-state index in [2.05, 4.69) is 0 Å². The quantitative estimate of drug-likeness (QED) is 0.254. The van der Waals surface area contributed by atoms with Crippen LogP contribution in [-0.2, 0) is 0 Å². The monoisotopic (exact) mass is 552 g/mol. The summed E-state index contributed by atoms with van der Waals surface area (Å²) >= 11 is 0. The molecule has 24 heavy (non-hydrogen) atoms. The Morgan fingerprint density at radius 3 is 0.292 bits per heavy atom. The molecule has 0 rings (SSSR count). The summed E-state index contributed by atoms with van der Waals surface area (Å²) in [5, 5.41) is 66.7. The van der Waals surface area contributed by atoms with Gasteiger partial charge in [-0.25, -0.2) is 0 Å². The second-order valence-corrected chi connectivity index (χ2v) is 1.00. The van der Waals surface area contributed by atoms with Crippen molar-refractivity contribution in [1.29, 1.82) is 0 Å². The van der Waals surface area contributed by atoms with Gasteiger partial charge >= 0.3 is 411 Å². The van der Waals surface area contributed by atoms with Gasteiger partial charge in [-0.2, -0.15) is 0 Å². The number of carbonyl (C=O) groups excluding carboxylic acids is 4. The van der Waals surface area contributed by atoms with E-state index in [1.54, 1.807) is 0 Å². The maximum absolute atomic E-state index is 8.33. The van der Waals surface area contributed by atoms with Crippen molar-refractivity contribution in [2.75, 3.05) is 0 Å². The molecule has 0 unspecified atom stereocenters. The summed E-state index contributed by atoms with van der Waals surface area (Å²) in [6.45, 7) is 0. The molecule has 0 amide bonds. The van der Waals surface area contributed by atoms with Crippen molar-refractivity contribution in [2.24, 2.45) is 0 Å². The average Bonchev–Trinajstić information content (AvgIpc) is 1.76. The summed E-state index contributed by atoms with van der Waals surface area (Å²) in [6.07, 6.45) is -9.33. The van der Waals surface area contributed by atoms with E-state index in [1.165, 1.54) is 0 Å². The summed E-state index contributed by atoms with van der Waals surface area (Å²) in [7, 11) is 0. The van der Waals surface area contributed by atoms with Crippen molar-refractivity contribution in [2.45, 2.75) is 0 Å². The van der Waals surface area contributed by atoms with E-state index >= 15 is 0 Å². The zero-order valence-corrected chi connectivity index (χ0v) is 39.9. The van der Waals surface area contributed by atoms with Crippen molar-refractivity contribution >= 4 is 24.6 Å². The van der Waals surface area contributed by atoms with E-state index in [1.807, 2.05) is 0 Å². The predicted octanol–water partition coefficient (Wildman–Crippen LogP) is -33.8. The molecule has 0 bridgehead atoms. The average molecular weight is 553 g/mol. The smallest absolute Gasteiger partial charge is 0.652 e. The maximum atomic E-state index is 8.33. The Morgan fingerprint density at radius 2 is 0.292 bits per heavy atom. The molecule has 0 radical (unpaired) electrons. The van der Waals surface area contributed by atoms with Crippen LogP contribution in [-0.4, -0.2) is 24.6 Å². The van der Waals surface area contributed by atoms with Gasteiger partial charge in [0.2, 0.25) is 0 Å². The van der Waals surface area contributed by atoms with Crippen LogP contribution in [0.5, 0.6) is 0 Å². The van der Waals surface area contributed by atoms with E-state index in [9.17, 15) is 0 Å². The maximum Gasteiger partial charge on any atom is 1.00 e. The first-order chi connectivity index (χ1) is 6.93. The van der Waals surface area contributed by atoms with Crippen molar-refractivity contribution < 1.29 is 471 Å². The van der Waals surface area contributed by atoms with Crippen LogP contribution in [0.4, 0.5) is 19.2 Å². The fourth-order valence-electron chi connectivity index (χ4n) is 0. The number of hydrogen-bond donors (Lipinski definition) is 0. The first kappa shape index (κ1) is 76.5. The van der Waals surface area contributed by atoms with E-state index in [-0.39, 0.29) is 411 Å². The fourth-order valence-corrected chi connectivity index (χ4v) is 0. The van der Waals surface area contributed by atoms with Gasteiger partial charge in [0.05, 0.1) is 0 Å². The summed E-state index contributed by atoms with van der Waals surface area (Å²) in [4.78, 5) is 33.3. The Hall–Kier alpha value is 10.2. The molecule has 0 saturated carbocycles. The Balaban J connectivity index is -0.00000000720. The van der Waals surface area contributed by atoms with Crippen molar-refractivity contribution in [3.8, 4) is 0 Å². The van der Waals surface area contributed by atoms with Crippen molar-refractivity contribution in [1.82, 2.24) is 0 Å². The standard InChI is InChI=1S/4CH2O3.8K/c4*2-1(3)4;;;;;;;;/h4*(H2,2,3,4);;;;;;;;/q;;;;8*+1/p-8. The number of carboxylic acid groups (broad SMARTS) is 8. The second-order valence-electron chi connectivity index (χ2n) is 1.00. The topological polar surface area (TPSA) is 253 Å². The Bertz CT molecular complexity index is 175. The van der Waals surface area contributed by atoms with Gasteiger partial charge in [-0.15, -0.1) is 0 Å². The minimum atomic E-state index is -2.33. The van der Waals surface area contributed by atoms with Crippen LogP contribution >= 0.6 is 0 Å². The summed E-state index contributed by atoms with van der Waals surface area (Å²) in [6, 6.07) is 0. The molecule has 96 valence electrons. The molecule has 20 heteroatoms. The normalized spacial score (nSPS) is 4.00. The van der Waals surface area contributed by atoms with Gasteiger partial charge in [-0.3, -0.25) is 0 Å². The molecule has 0 saturated heterocycles. The molecule has 0 aliphatic rings. The SMILES string of the molecule is O=C([O-])[O-].O=C([O-])[O-].O=C([O-])[O-].O=C([O-])[O-].[K+].[K+].[K+].[K+].[K+].[K+].[K+].[K+]. The van der Waals surface area contributed by atoms with Crippen LogP contribution < -0.4 is 452 Å². The third-order valence-electron chi connectivity index (χ3n) is 0. The minimum absolute atomic E-state index is 0. The molecule has 0 aromatic heterocycles. The molecular weight excluding hydrogens is 553 g/mol. The van der Waals surface area contributed by atoms with Gasteiger partial charge in [-0.1, -0.05) is 0 Å². The third-order valence-corrected chi connectivity index (χ3v) is 0. The first-order valence-electron chi connectivity index (χ1n) is 2.45. The van der Waals surface area contributed by atoms with E-state index in [0.717, 1.165) is 0 Å². The van der Waals surface area contributed by atoms with E-state index in [4.69, 9.17) is 60.0 Å². The van der Waals surface area contributed by atoms with Crippen LogP contribution in [0, 0.1) is 0 Å². The van der Waals surface area contributed by atoms with Crippen LogP contribution in [0.1, 0.15) is 0 Å². The van der Waals surface area contributed by atoms with Crippen molar-refractivity contribution in [3.05, 3.63) is 0 Å². The molecule has 0 fully saturated rings. The zero-order valence-electron chi connectivity index (χ0n) is 14.9. The molecular formula is C4K8O12. The summed E-state index contributed by atoms with van der Waals surface area (Å²) < 4.78 is 0. The molecule has 0 aliphatic carbocycles. The molecule has 0 aromatic carbocycles.